The lowest BCUT2D eigenvalue weighted by Crippen LogP contribution is -2.57. The minimum atomic E-state index is -4.60. The van der Waals surface area contributed by atoms with E-state index in [2.05, 4.69) is 4.98 Å². The van der Waals surface area contributed by atoms with Crippen molar-refractivity contribution in [3.63, 3.8) is 0 Å². The van der Waals surface area contributed by atoms with E-state index < -0.39 is 23.3 Å². The first-order chi connectivity index (χ1) is 18.4. The van der Waals surface area contributed by atoms with Crippen molar-refractivity contribution in [3.05, 3.63) is 64.5 Å². The largest absolute Gasteiger partial charge is 0.433 e. The number of benzene rings is 1. The number of nitrogens with zero attached hydrogens (tertiary/aromatic N) is 4. The Morgan fingerprint density at radius 1 is 1.13 bits per heavy atom. The number of hydrogen-bond acceptors (Lipinski definition) is 5. The normalized spacial score (nSPS) is 20.8. The summed E-state index contributed by atoms with van der Waals surface area (Å²) >= 11 is 0. The van der Waals surface area contributed by atoms with Gasteiger partial charge in [0.05, 0.1) is 29.7 Å². The number of aliphatic hydroxyl groups is 2. The molecule has 0 radical (unpaired) electrons. The van der Waals surface area contributed by atoms with Gasteiger partial charge in [0.2, 0.25) is 5.91 Å². The van der Waals surface area contributed by atoms with Gasteiger partial charge in [-0.1, -0.05) is 24.3 Å². The van der Waals surface area contributed by atoms with Crippen LogP contribution < -0.4 is 0 Å². The van der Waals surface area contributed by atoms with Gasteiger partial charge < -0.3 is 24.9 Å². The van der Waals surface area contributed by atoms with Crippen LogP contribution in [0.5, 0.6) is 0 Å². The second-order valence-corrected chi connectivity index (χ2v) is 10.6. The number of carbonyl (C=O) groups is 2. The van der Waals surface area contributed by atoms with Crippen molar-refractivity contribution < 1.29 is 33.0 Å². The topological polar surface area (TPSA) is 97.2 Å². The smallest absolute Gasteiger partial charge is 0.396 e. The van der Waals surface area contributed by atoms with Crippen LogP contribution in [-0.4, -0.2) is 81.2 Å². The lowest BCUT2D eigenvalue weighted by Gasteiger charge is -2.46. The molecule has 2 atom stereocenters. The summed E-state index contributed by atoms with van der Waals surface area (Å²) in [5.41, 5.74) is 0.420. The molecule has 3 amide bonds. The van der Waals surface area contributed by atoms with Crippen LogP contribution in [-0.2, 0) is 17.5 Å². The molecule has 0 bridgehead atoms. The van der Waals surface area contributed by atoms with E-state index in [0.29, 0.717) is 12.0 Å². The molecule has 2 aromatic rings. The highest BCUT2D eigenvalue weighted by Crippen LogP contribution is 2.49. The van der Waals surface area contributed by atoms with Crippen molar-refractivity contribution >= 4 is 11.9 Å². The first-order valence-corrected chi connectivity index (χ1v) is 13.1. The number of hydrogen-bond donors (Lipinski definition) is 2. The molecule has 2 fully saturated rings. The van der Waals surface area contributed by atoms with Gasteiger partial charge in [-0.25, -0.2) is 9.78 Å². The van der Waals surface area contributed by atoms with Crippen molar-refractivity contribution in [3.8, 4) is 0 Å². The number of carbonyl (C=O) groups excluding carboxylic acids is 2. The van der Waals surface area contributed by atoms with E-state index >= 15 is 0 Å². The molecule has 0 aliphatic carbocycles. The maximum atomic E-state index is 13.9. The van der Waals surface area contributed by atoms with Gasteiger partial charge in [0, 0.05) is 33.4 Å². The first-order valence-electron chi connectivity index (χ1n) is 13.1. The van der Waals surface area contributed by atoms with Crippen LogP contribution in [0.4, 0.5) is 18.0 Å². The number of amides is 3. The molecule has 0 spiro atoms. The molecule has 2 aliphatic rings. The number of urea groups is 1. The van der Waals surface area contributed by atoms with Crippen molar-refractivity contribution in [1.82, 2.24) is 19.7 Å². The number of rotatable bonds is 7. The zero-order valence-corrected chi connectivity index (χ0v) is 22.4. The summed E-state index contributed by atoms with van der Waals surface area (Å²) in [5, 5.41) is 19.5. The fourth-order valence-electron chi connectivity index (χ4n) is 6.14. The Kier molecular flexibility index (Phi) is 8.22. The van der Waals surface area contributed by atoms with Gasteiger partial charge in [0.25, 0.3) is 0 Å². The van der Waals surface area contributed by atoms with Crippen molar-refractivity contribution in [1.29, 1.82) is 0 Å². The zero-order chi connectivity index (χ0) is 28.5. The molecule has 39 heavy (non-hydrogen) atoms. The van der Waals surface area contributed by atoms with E-state index in [1.807, 2.05) is 31.2 Å². The molecule has 1 aromatic carbocycles. The Balaban J connectivity index is 1.67. The minimum Gasteiger partial charge on any atom is -0.396 e. The van der Waals surface area contributed by atoms with E-state index in [4.69, 9.17) is 0 Å². The molecule has 1 aromatic heterocycles. The average Bonchev–Trinajstić information content (AvgIpc) is 3.14. The lowest BCUT2D eigenvalue weighted by atomic mass is 9.77. The summed E-state index contributed by atoms with van der Waals surface area (Å²) in [6.07, 6.45) is -3.79. The molecule has 2 aliphatic heterocycles. The fraction of sp³-hybridized carbons (Fsp3) is 0.536. The Morgan fingerprint density at radius 2 is 1.79 bits per heavy atom. The average molecular weight is 549 g/mol. The number of aromatic nitrogens is 1. The molecule has 2 N–H and O–H groups in total. The van der Waals surface area contributed by atoms with Crippen molar-refractivity contribution in [2.24, 2.45) is 5.41 Å². The third-order valence-electron chi connectivity index (χ3n) is 7.97. The van der Waals surface area contributed by atoms with Crippen LogP contribution in [0.1, 0.15) is 53.4 Å². The second-order valence-electron chi connectivity index (χ2n) is 10.6. The molecule has 3 heterocycles. The van der Waals surface area contributed by atoms with E-state index in [1.165, 1.54) is 18.0 Å². The standard InChI is InChI=1S/C28H35F3N4O4/c1-18-14-20(32-23(15-18)28(29,30)31)17-33(3)26(39)35-11-10-34-22(24(35)21-7-5-4-6-19(21)2)16-27(8-12-36,9-13-37)25(34)38/h4-7,14-15,22,24,36-37H,8-13,16-17H2,1-3H3. The summed E-state index contributed by atoms with van der Waals surface area (Å²) in [4.78, 5) is 36.0. The van der Waals surface area contributed by atoms with Crippen molar-refractivity contribution in [2.45, 2.75) is 57.9 Å². The van der Waals surface area contributed by atoms with Gasteiger partial charge in [0.1, 0.15) is 5.69 Å². The maximum Gasteiger partial charge on any atom is 0.433 e. The number of aryl methyl sites for hydroxylation is 2. The maximum absolute atomic E-state index is 13.9. The van der Waals surface area contributed by atoms with E-state index in [-0.39, 0.29) is 69.4 Å². The van der Waals surface area contributed by atoms with Gasteiger partial charge in [0.15, 0.2) is 0 Å². The molecule has 2 saturated heterocycles. The summed E-state index contributed by atoms with van der Waals surface area (Å²) in [5.74, 6) is -0.127. The molecule has 8 nitrogen and oxygen atoms in total. The van der Waals surface area contributed by atoms with Gasteiger partial charge >= 0.3 is 12.2 Å². The van der Waals surface area contributed by atoms with Crippen LogP contribution in [0.15, 0.2) is 36.4 Å². The third-order valence-corrected chi connectivity index (χ3v) is 7.97. The molecule has 2 unspecified atom stereocenters. The van der Waals surface area contributed by atoms with Gasteiger partial charge in [-0.15, -0.1) is 0 Å². The molecular weight excluding hydrogens is 513 g/mol. The molecule has 0 saturated carbocycles. The van der Waals surface area contributed by atoms with E-state index in [9.17, 15) is 33.0 Å². The van der Waals surface area contributed by atoms with Crippen LogP contribution in [0.2, 0.25) is 0 Å². The minimum absolute atomic E-state index is 0.118. The third kappa shape index (κ3) is 5.60. The fourth-order valence-corrected chi connectivity index (χ4v) is 6.14. The highest BCUT2D eigenvalue weighted by Gasteiger charge is 2.56. The van der Waals surface area contributed by atoms with Gasteiger partial charge in [-0.3, -0.25) is 4.79 Å². The highest BCUT2D eigenvalue weighted by molar-refractivity contribution is 5.86. The first kappa shape index (κ1) is 28.8. The number of aliphatic hydroxyl groups excluding tert-OH is 2. The quantitative estimate of drug-likeness (QED) is 0.551. The Labute approximate surface area is 226 Å². The number of halogens is 3. The van der Waals surface area contributed by atoms with E-state index in [0.717, 1.165) is 17.2 Å². The second kappa shape index (κ2) is 11.1. The number of fused-ring (bicyclic) bond motifs is 1. The van der Waals surface area contributed by atoms with Crippen molar-refractivity contribution in [2.75, 3.05) is 33.4 Å². The number of piperazine rings is 1. The van der Waals surface area contributed by atoms with Crippen LogP contribution in [0, 0.1) is 19.3 Å². The van der Waals surface area contributed by atoms with Crippen LogP contribution >= 0.6 is 0 Å². The Morgan fingerprint density at radius 3 is 2.41 bits per heavy atom. The molecule has 212 valence electrons. The van der Waals surface area contributed by atoms with Crippen LogP contribution in [0.25, 0.3) is 0 Å². The summed E-state index contributed by atoms with van der Waals surface area (Å²) in [7, 11) is 1.53. The summed E-state index contributed by atoms with van der Waals surface area (Å²) < 4.78 is 40.0. The lowest BCUT2D eigenvalue weighted by molar-refractivity contribution is -0.141. The zero-order valence-electron chi connectivity index (χ0n) is 22.4. The predicted octanol–water partition coefficient (Wildman–Crippen LogP) is 3.68. The molecule has 4 rings (SSSR count). The number of alkyl halides is 3. The number of pyridine rings is 1. The summed E-state index contributed by atoms with van der Waals surface area (Å²) in [6, 6.07) is 8.85. The predicted molar refractivity (Wildman–Crippen MR) is 137 cm³/mol. The molecule has 11 heteroatoms. The van der Waals surface area contributed by atoms with E-state index in [1.54, 1.807) is 16.7 Å². The van der Waals surface area contributed by atoms with Gasteiger partial charge in [-0.05, 0) is 61.9 Å². The SMILES string of the molecule is Cc1cc(CN(C)C(=O)N2CCN3C(=O)C(CCO)(CCO)CC3C2c2ccccc2C)nc(C(F)(F)F)c1. The molecular formula is C28H35F3N4O4. The van der Waals surface area contributed by atoms with Gasteiger partial charge in [-0.2, -0.15) is 13.2 Å². The highest BCUT2D eigenvalue weighted by atomic mass is 19.4. The Hall–Kier alpha value is -3.18. The summed E-state index contributed by atoms with van der Waals surface area (Å²) in [6.45, 7) is 3.48. The van der Waals surface area contributed by atoms with Crippen LogP contribution in [0.3, 0.4) is 0 Å². The Bertz CT molecular complexity index is 1220. The monoisotopic (exact) mass is 548 g/mol.